The van der Waals surface area contributed by atoms with Crippen LogP contribution in [-0.4, -0.2) is 28.1 Å². The van der Waals surface area contributed by atoms with Crippen LogP contribution in [0.25, 0.3) is 0 Å². The number of hydrogen-bond donors (Lipinski definition) is 0. The molecule has 0 saturated carbocycles. The van der Waals surface area contributed by atoms with Gasteiger partial charge in [-0.15, -0.1) is 0 Å². The fourth-order valence-corrected chi connectivity index (χ4v) is 79.5. The third kappa shape index (κ3) is 5.58. The average Bonchev–Trinajstić information content (AvgIpc) is 2.56. The molecule has 0 aromatic carbocycles. The van der Waals surface area contributed by atoms with E-state index in [0.717, 1.165) is 0 Å². The molecule has 0 spiro atoms. The molecule has 1 heterocycles. The average molecular weight is 524 g/mol. The van der Waals surface area contributed by atoms with Gasteiger partial charge in [0.15, 0.2) is 0 Å². The van der Waals surface area contributed by atoms with Crippen LogP contribution in [0.4, 0.5) is 0 Å². The van der Waals surface area contributed by atoms with Gasteiger partial charge in [-0.2, -0.15) is 0 Å². The van der Waals surface area contributed by atoms with Gasteiger partial charge in [0.1, 0.15) is 0 Å². The summed E-state index contributed by atoms with van der Waals surface area (Å²) in [6.45, 7) is 9.59. The fourth-order valence-electron chi connectivity index (χ4n) is 3.73. The third-order valence-electron chi connectivity index (χ3n) is 5.23. The van der Waals surface area contributed by atoms with Crippen LogP contribution in [-0.2, 0) is 0 Å². The quantitative estimate of drug-likeness (QED) is 0.234. The van der Waals surface area contributed by atoms with E-state index < -0.39 is 28.1 Å². The van der Waals surface area contributed by atoms with Gasteiger partial charge in [-0.05, 0) is 0 Å². The van der Waals surface area contributed by atoms with E-state index in [4.69, 9.17) is 0 Å². The molecule has 0 amide bonds. The Morgan fingerprint density at radius 3 is 1.00 bits per heavy atom. The Morgan fingerprint density at radius 2 is 0.773 bits per heavy atom. The minimum absolute atomic E-state index is 1.40. The topological polar surface area (TPSA) is 0 Å². The van der Waals surface area contributed by atoms with Crippen molar-refractivity contribution in [1.29, 1.82) is 0 Å². The Balaban J connectivity index is 3.34. The van der Waals surface area contributed by atoms with Crippen LogP contribution in [0.2, 0.25) is 17.5 Å². The molecule has 0 unspecified atom stereocenters. The molecule has 1 aliphatic rings. The first kappa shape index (κ1) is 21.2. The van der Waals surface area contributed by atoms with Crippen molar-refractivity contribution in [3.05, 3.63) is 20.2 Å². The normalized spacial score (nSPS) is 18.7. The molecule has 0 atom stereocenters. The van der Waals surface area contributed by atoms with Crippen molar-refractivity contribution < 1.29 is 0 Å². The van der Waals surface area contributed by atoms with Crippen molar-refractivity contribution >= 4 is 28.1 Å². The molecule has 130 valence electrons. The van der Waals surface area contributed by atoms with Gasteiger partial charge in [-0.3, -0.25) is 0 Å². The van der Waals surface area contributed by atoms with Crippen molar-refractivity contribution in [3.63, 3.8) is 0 Å². The van der Waals surface area contributed by atoms with Crippen molar-refractivity contribution in [3.8, 4) is 0 Å². The van der Waals surface area contributed by atoms with Gasteiger partial charge in [-0.25, -0.2) is 0 Å². The molecule has 0 bridgehead atoms. The second kappa shape index (κ2) is 11.6. The second-order valence-electron chi connectivity index (χ2n) is 6.97. The van der Waals surface area contributed by atoms with Crippen LogP contribution in [0.15, 0.2) is 20.2 Å². The van der Waals surface area contributed by atoms with E-state index in [-0.39, 0.29) is 0 Å². The molecule has 0 aromatic heterocycles. The summed E-state index contributed by atoms with van der Waals surface area (Å²) in [5.41, 5.74) is 0. The van der Waals surface area contributed by atoms with Crippen LogP contribution in [0.3, 0.4) is 0 Å². The minimum atomic E-state index is -1.93. The molecular formula is C20H40Sb2. The van der Waals surface area contributed by atoms with Gasteiger partial charge in [0, 0.05) is 0 Å². The molecular weight excluding hydrogens is 484 g/mol. The van der Waals surface area contributed by atoms with E-state index in [1.165, 1.54) is 51.4 Å². The first-order chi connectivity index (χ1) is 10.7. The second-order valence-corrected chi connectivity index (χ2v) is 55.5. The molecule has 0 radical (unpaired) electrons. The molecule has 2 heteroatoms. The van der Waals surface area contributed by atoms with E-state index in [0.29, 0.717) is 0 Å². The summed E-state index contributed by atoms with van der Waals surface area (Å²) in [5, 5.41) is 0. The van der Waals surface area contributed by atoms with E-state index in [1.54, 1.807) is 17.5 Å². The zero-order valence-electron chi connectivity index (χ0n) is 15.7. The molecule has 0 saturated heterocycles. The summed E-state index contributed by atoms with van der Waals surface area (Å²) >= 11 is -3.85. The van der Waals surface area contributed by atoms with Gasteiger partial charge < -0.3 is 0 Å². The maximum atomic E-state index is 2.90. The van der Waals surface area contributed by atoms with Crippen molar-refractivity contribution in [2.24, 2.45) is 0 Å². The first-order valence-corrected chi connectivity index (χ1v) is 28.8. The summed E-state index contributed by atoms with van der Waals surface area (Å²) in [4.78, 5) is 0. The number of rotatable bonds is 12. The zero-order valence-corrected chi connectivity index (χ0v) is 20.8. The fraction of sp³-hybridized carbons (Fsp3) is 0.800. The Bertz CT molecular complexity index is 365. The van der Waals surface area contributed by atoms with Crippen molar-refractivity contribution in [2.45, 2.75) is 96.5 Å². The van der Waals surface area contributed by atoms with Gasteiger partial charge in [-0.1, -0.05) is 0 Å². The van der Waals surface area contributed by atoms with Gasteiger partial charge in [0.25, 0.3) is 0 Å². The van der Waals surface area contributed by atoms with Gasteiger partial charge in [0.05, 0.1) is 0 Å². The summed E-state index contributed by atoms with van der Waals surface area (Å²) in [7, 11) is 0. The maximum absolute atomic E-state index is 2.90. The number of unbranched alkanes of at least 4 members (excludes halogenated alkanes) is 4. The first-order valence-electron chi connectivity index (χ1n) is 9.81. The number of allylic oxidation sites excluding steroid dienone is 2. The molecule has 0 aromatic rings. The Hall–Kier alpha value is 1.12. The molecule has 0 fully saturated rings. The van der Waals surface area contributed by atoms with Crippen LogP contribution < -0.4 is 0 Å². The van der Waals surface area contributed by atoms with Gasteiger partial charge in [0.2, 0.25) is 0 Å². The van der Waals surface area contributed by atoms with Crippen LogP contribution in [0.1, 0.15) is 79.1 Å². The monoisotopic (exact) mass is 522 g/mol. The molecule has 0 aliphatic carbocycles. The summed E-state index contributed by atoms with van der Waals surface area (Å²) in [5.74, 6) is 0. The standard InChI is InChI=1S/4C4H9.C4H4.2Sb/c5*1-3-4-2;;/h4*1,3-4H2,2H3;1-4H;;. The Morgan fingerprint density at radius 1 is 0.500 bits per heavy atom. The van der Waals surface area contributed by atoms with E-state index >= 15 is 0 Å². The predicted molar refractivity (Wildman–Crippen MR) is 109 cm³/mol. The SMILES string of the molecule is CCC[CH2][Sb]1([CH2]CCC)=[Sb]([CH2]CCC)([CH2]CCC)[CH]=CC=[CH]1. The van der Waals surface area contributed by atoms with E-state index in [2.05, 4.69) is 47.9 Å². The molecule has 1 rings (SSSR count). The van der Waals surface area contributed by atoms with Gasteiger partial charge >= 0.3 is 145 Å². The summed E-state index contributed by atoms with van der Waals surface area (Å²) < 4.78 is 12.5. The van der Waals surface area contributed by atoms with Crippen molar-refractivity contribution in [2.75, 3.05) is 0 Å². The van der Waals surface area contributed by atoms with E-state index in [1.807, 2.05) is 0 Å². The van der Waals surface area contributed by atoms with E-state index in [9.17, 15) is 0 Å². The molecule has 1 aliphatic heterocycles. The van der Waals surface area contributed by atoms with Crippen LogP contribution in [0, 0.1) is 0 Å². The summed E-state index contributed by atoms with van der Waals surface area (Å²) in [6, 6.07) is 0. The number of hydrogen-bond acceptors (Lipinski definition) is 0. The Labute approximate surface area is 143 Å². The van der Waals surface area contributed by atoms with Crippen LogP contribution >= 0.6 is 0 Å². The van der Waals surface area contributed by atoms with Crippen LogP contribution in [0.5, 0.6) is 0 Å². The molecule has 22 heavy (non-hydrogen) atoms. The third-order valence-corrected chi connectivity index (χ3v) is 77.2. The predicted octanol–water partition coefficient (Wildman–Crippen LogP) is 7.37. The Kier molecular flexibility index (Phi) is 11.2. The summed E-state index contributed by atoms with van der Waals surface area (Å²) in [6.07, 6.45) is 16.7. The zero-order chi connectivity index (χ0) is 16.3. The molecule has 0 N–H and O–H groups in total. The molecule has 0 nitrogen and oxygen atoms in total. The van der Waals surface area contributed by atoms with Crippen molar-refractivity contribution in [1.82, 2.24) is 0 Å².